The van der Waals surface area contributed by atoms with Gasteiger partial charge in [0.05, 0.1) is 30.4 Å². The molecule has 2 N–H and O–H groups in total. The second-order valence-corrected chi connectivity index (χ2v) is 11.4. The summed E-state index contributed by atoms with van der Waals surface area (Å²) < 4.78 is 5.31. The number of carboxylic acid groups (broad SMARTS) is 1. The molecule has 3 heterocycles. The Kier molecular flexibility index (Phi) is 4.74. The summed E-state index contributed by atoms with van der Waals surface area (Å²) in [5, 5.41) is 10.0. The summed E-state index contributed by atoms with van der Waals surface area (Å²) in [4.78, 5) is 54.9. The van der Waals surface area contributed by atoms with E-state index in [-0.39, 0.29) is 64.5 Å². The molecule has 3 fully saturated rings. The number of likely N-dealkylation sites (tertiary alicyclic amines) is 1. The third-order valence-electron chi connectivity index (χ3n) is 7.84. The highest BCUT2D eigenvalue weighted by Crippen LogP contribution is 2.68. The van der Waals surface area contributed by atoms with Crippen LogP contribution in [0.1, 0.15) is 29.2 Å². The lowest BCUT2D eigenvalue weighted by Gasteiger charge is -2.43. The molecule has 2 aliphatic carbocycles. The minimum absolute atomic E-state index is 0.0289. The zero-order chi connectivity index (χ0) is 23.0. The van der Waals surface area contributed by atoms with Crippen molar-refractivity contribution in [2.75, 3.05) is 13.7 Å². The SMILES string of the molecule is COc1ccc(C2c3sc(=O)[nH]c3SC3C4CC(C5C(=O)N(CCC(=O)O)C(=O)C45)C23)cc1. The number of hydrogen-bond acceptors (Lipinski definition) is 7. The van der Waals surface area contributed by atoms with Gasteiger partial charge in [0.2, 0.25) is 11.8 Å². The molecule has 1 aromatic carbocycles. The molecule has 7 unspecified atom stereocenters. The first-order valence-corrected chi connectivity index (χ1v) is 12.7. The van der Waals surface area contributed by atoms with Gasteiger partial charge in [0, 0.05) is 22.6 Å². The van der Waals surface area contributed by atoms with Crippen LogP contribution in [0.4, 0.5) is 0 Å². The summed E-state index contributed by atoms with van der Waals surface area (Å²) in [6.07, 6.45) is 0.578. The average Bonchev–Trinajstić information content (AvgIpc) is 3.52. The molecule has 0 radical (unpaired) electrons. The highest BCUT2D eigenvalue weighted by atomic mass is 32.2. The first-order chi connectivity index (χ1) is 15.9. The third kappa shape index (κ3) is 2.96. The number of methoxy groups -OCH3 is 1. The Balaban J connectivity index is 1.40. The number of amides is 2. The van der Waals surface area contributed by atoms with E-state index in [1.807, 2.05) is 24.3 Å². The number of fused-ring (bicyclic) bond motifs is 9. The fraction of sp³-hybridized carbons (Fsp3) is 0.478. The predicted octanol–water partition coefficient (Wildman–Crippen LogP) is 2.39. The molecule has 7 atom stereocenters. The van der Waals surface area contributed by atoms with Gasteiger partial charge in [0.25, 0.3) is 0 Å². The number of thioether (sulfide) groups is 1. The van der Waals surface area contributed by atoms with Crippen LogP contribution in [0.3, 0.4) is 0 Å². The predicted molar refractivity (Wildman–Crippen MR) is 120 cm³/mol. The molecule has 172 valence electrons. The number of carbonyl (C=O) groups is 3. The Bertz CT molecular complexity index is 1220. The number of imide groups is 1. The molecule has 1 saturated heterocycles. The minimum Gasteiger partial charge on any atom is -0.497 e. The van der Waals surface area contributed by atoms with Crippen LogP contribution in [0.15, 0.2) is 34.1 Å². The van der Waals surface area contributed by atoms with Crippen molar-refractivity contribution in [1.29, 1.82) is 0 Å². The van der Waals surface area contributed by atoms with Gasteiger partial charge in [-0.25, -0.2) is 0 Å². The largest absolute Gasteiger partial charge is 0.497 e. The van der Waals surface area contributed by atoms with E-state index in [9.17, 15) is 19.2 Å². The fourth-order valence-electron chi connectivity index (χ4n) is 6.69. The molecule has 1 aromatic heterocycles. The van der Waals surface area contributed by atoms with Crippen LogP contribution >= 0.6 is 23.1 Å². The zero-order valence-electron chi connectivity index (χ0n) is 17.7. The lowest BCUT2D eigenvalue weighted by Crippen LogP contribution is -2.42. The number of carbonyl (C=O) groups excluding carboxylic acids is 2. The van der Waals surface area contributed by atoms with Crippen LogP contribution < -0.4 is 9.61 Å². The number of benzene rings is 1. The van der Waals surface area contributed by atoms with Gasteiger partial charge in [0.1, 0.15) is 5.75 Å². The molecule has 33 heavy (non-hydrogen) atoms. The van der Waals surface area contributed by atoms with Crippen molar-refractivity contribution in [3.8, 4) is 5.75 Å². The van der Waals surface area contributed by atoms with Gasteiger partial charge in [-0.1, -0.05) is 23.5 Å². The second kappa shape index (κ2) is 7.46. The summed E-state index contributed by atoms with van der Waals surface area (Å²) in [5.41, 5.74) is 1.08. The van der Waals surface area contributed by atoms with Crippen molar-refractivity contribution >= 4 is 40.9 Å². The van der Waals surface area contributed by atoms with Crippen molar-refractivity contribution in [3.63, 3.8) is 0 Å². The van der Waals surface area contributed by atoms with Gasteiger partial charge in [-0.2, -0.15) is 0 Å². The van der Waals surface area contributed by atoms with Crippen molar-refractivity contribution in [2.24, 2.45) is 29.6 Å². The monoisotopic (exact) mass is 486 g/mol. The summed E-state index contributed by atoms with van der Waals surface area (Å²) in [6.45, 7) is -0.0650. The molecule has 2 bridgehead atoms. The van der Waals surface area contributed by atoms with Crippen molar-refractivity contribution in [2.45, 2.75) is 29.0 Å². The van der Waals surface area contributed by atoms with E-state index in [1.54, 1.807) is 18.9 Å². The maximum Gasteiger partial charge on any atom is 0.305 e. The minimum atomic E-state index is -1.02. The summed E-state index contributed by atoms with van der Waals surface area (Å²) in [5.74, 6) is -1.32. The molecule has 10 heteroatoms. The molecule has 4 aliphatic rings. The molecule has 2 amide bonds. The van der Waals surface area contributed by atoms with Crippen molar-refractivity contribution in [3.05, 3.63) is 44.4 Å². The summed E-state index contributed by atoms with van der Waals surface area (Å²) in [7, 11) is 1.62. The molecule has 8 nitrogen and oxygen atoms in total. The fourth-order valence-corrected chi connectivity index (χ4v) is 9.58. The van der Waals surface area contributed by atoms with Gasteiger partial charge < -0.3 is 14.8 Å². The Morgan fingerprint density at radius 1 is 1.15 bits per heavy atom. The van der Waals surface area contributed by atoms with E-state index in [0.717, 1.165) is 27.6 Å². The number of thiazole rings is 1. The van der Waals surface area contributed by atoms with E-state index in [4.69, 9.17) is 9.84 Å². The quantitative estimate of drug-likeness (QED) is 0.623. The number of H-pyrrole nitrogens is 1. The molecule has 6 rings (SSSR count). The lowest BCUT2D eigenvalue weighted by molar-refractivity contribution is -0.142. The molecule has 2 saturated carbocycles. The third-order valence-corrected chi connectivity index (χ3v) is 10.4. The topological polar surface area (TPSA) is 117 Å². The van der Waals surface area contributed by atoms with E-state index < -0.39 is 11.9 Å². The smallest absolute Gasteiger partial charge is 0.305 e. The van der Waals surface area contributed by atoms with Gasteiger partial charge in [-0.05, 0) is 41.9 Å². The Hall–Kier alpha value is -2.59. The maximum absolute atomic E-state index is 13.3. The number of hydrogen-bond donors (Lipinski definition) is 2. The normalized spacial score (nSPS) is 33.7. The number of nitrogens with one attached hydrogen (secondary N) is 1. The van der Waals surface area contributed by atoms with Gasteiger partial charge in [0.15, 0.2) is 0 Å². The van der Waals surface area contributed by atoms with Crippen LogP contribution in [-0.4, -0.2) is 51.7 Å². The highest BCUT2D eigenvalue weighted by molar-refractivity contribution is 8.00. The number of carboxylic acids is 1. The molecule has 2 aromatic rings. The number of rotatable bonds is 5. The summed E-state index contributed by atoms with van der Waals surface area (Å²) in [6, 6.07) is 7.87. The van der Waals surface area contributed by atoms with E-state index >= 15 is 0 Å². The van der Waals surface area contributed by atoms with Crippen LogP contribution in [0.5, 0.6) is 5.75 Å². The van der Waals surface area contributed by atoms with E-state index in [2.05, 4.69) is 4.98 Å². The number of aromatic amines is 1. The van der Waals surface area contributed by atoms with Gasteiger partial charge in [-0.3, -0.25) is 24.1 Å². The van der Waals surface area contributed by atoms with Gasteiger partial charge in [-0.15, -0.1) is 11.8 Å². The number of aromatic nitrogens is 1. The molecular weight excluding hydrogens is 464 g/mol. The van der Waals surface area contributed by atoms with E-state index in [1.165, 1.54) is 16.2 Å². The average molecular weight is 487 g/mol. The Labute approximate surface area is 197 Å². The van der Waals surface area contributed by atoms with Crippen LogP contribution in [0, 0.1) is 29.6 Å². The summed E-state index contributed by atoms with van der Waals surface area (Å²) >= 11 is 2.87. The van der Waals surface area contributed by atoms with Gasteiger partial charge >= 0.3 is 10.8 Å². The van der Waals surface area contributed by atoms with Crippen LogP contribution in [0.25, 0.3) is 0 Å². The van der Waals surface area contributed by atoms with Crippen LogP contribution in [-0.2, 0) is 14.4 Å². The molecular formula is C23H22N2O6S2. The lowest BCUT2D eigenvalue weighted by atomic mass is 9.68. The Morgan fingerprint density at radius 3 is 2.52 bits per heavy atom. The highest BCUT2D eigenvalue weighted by Gasteiger charge is 2.69. The number of nitrogens with zero attached hydrogens (tertiary/aromatic N) is 1. The first-order valence-electron chi connectivity index (χ1n) is 11.0. The van der Waals surface area contributed by atoms with Crippen LogP contribution in [0.2, 0.25) is 0 Å². The van der Waals surface area contributed by atoms with Crippen molar-refractivity contribution < 1.29 is 24.2 Å². The molecule has 0 spiro atoms. The number of ether oxygens (including phenoxy) is 1. The standard InChI is InChI=1S/C23H22N2O6S2/c1-31-10-4-2-9(3-5-10)14-15-11-8-12(18(15)32-20-19(14)33-23(30)24-20)17-16(11)21(28)25(22(17)29)7-6-13(26)27/h2-5,11-12,14-18H,6-8H2,1H3,(H,24,30)(H,26,27). The van der Waals surface area contributed by atoms with Crippen molar-refractivity contribution in [1.82, 2.24) is 9.88 Å². The number of aliphatic carboxylic acids is 1. The Morgan fingerprint density at radius 2 is 1.85 bits per heavy atom. The second-order valence-electron chi connectivity index (χ2n) is 9.21. The maximum atomic E-state index is 13.3. The molecule has 2 aliphatic heterocycles. The first kappa shape index (κ1) is 21.0. The zero-order valence-corrected chi connectivity index (χ0v) is 19.4. The van der Waals surface area contributed by atoms with E-state index in [0.29, 0.717) is 0 Å².